The number of fused-ring (bicyclic) bond motifs is 2. The number of hydrogen-bond donors (Lipinski definition) is 1. The molecule has 0 amide bonds. The first-order chi connectivity index (χ1) is 19.8. The fraction of sp³-hybridized carbons (Fsp3) is 0.0312. The number of rotatable bonds is 6. The maximum absolute atomic E-state index is 6.11. The molecule has 0 fully saturated rings. The number of nitrogens with zero attached hydrogens (tertiary/aromatic N) is 6. The highest BCUT2D eigenvalue weighted by atomic mass is 16.5. The smallest absolute Gasteiger partial charge is 0.228 e. The van der Waals surface area contributed by atoms with E-state index in [1.165, 1.54) is 0 Å². The Morgan fingerprint density at radius 3 is 2.27 bits per heavy atom. The van der Waals surface area contributed by atoms with Crippen molar-refractivity contribution in [2.24, 2.45) is 0 Å². The Bertz CT molecular complexity index is 1960. The van der Waals surface area contributed by atoms with Crippen molar-refractivity contribution in [3.8, 4) is 39.4 Å². The van der Waals surface area contributed by atoms with E-state index in [4.69, 9.17) is 14.8 Å². The monoisotopic (exact) mass is 521 g/mol. The van der Waals surface area contributed by atoms with Gasteiger partial charge in [0.05, 0.1) is 30.0 Å². The van der Waals surface area contributed by atoms with E-state index in [9.17, 15) is 0 Å². The van der Waals surface area contributed by atoms with E-state index in [0.29, 0.717) is 23.2 Å². The summed E-state index contributed by atoms with van der Waals surface area (Å²) >= 11 is 0. The molecule has 4 heterocycles. The van der Waals surface area contributed by atoms with Crippen LogP contribution in [0, 0.1) is 0 Å². The maximum atomic E-state index is 6.11. The second kappa shape index (κ2) is 9.92. The highest BCUT2D eigenvalue weighted by Gasteiger charge is 2.25. The lowest BCUT2D eigenvalue weighted by molar-refractivity contribution is 0.387. The molecule has 7 rings (SSSR count). The normalized spacial score (nSPS) is 11.1. The zero-order chi connectivity index (χ0) is 26.9. The van der Waals surface area contributed by atoms with E-state index in [1.54, 1.807) is 36.4 Å². The Balaban J connectivity index is 1.57. The first-order valence-electron chi connectivity index (χ1n) is 12.8. The summed E-state index contributed by atoms with van der Waals surface area (Å²) in [5.41, 5.74) is 6.89. The van der Waals surface area contributed by atoms with Gasteiger partial charge in [0.15, 0.2) is 5.65 Å². The zero-order valence-electron chi connectivity index (χ0n) is 21.6. The third kappa shape index (κ3) is 4.08. The van der Waals surface area contributed by atoms with Crippen LogP contribution in [0.25, 0.3) is 50.1 Å². The van der Waals surface area contributed by atoms with Gasteiger partial charge < -0.3 is 10.1 Å². The molecule has 0 aliphatic heterocycles. The molecule has 1 N–H and O–H groups in total. The third-order valence-electron chi connectivity index (χ3n) is 6.73. The van der Waals surface area contributed by atoms with Gasteiger partial charge in [0, 0.05) is 29.5 Å². The van der Waals surface area contributed by atoms with Gasteiger partial charge in [-0.1, -0.05) is 72.8 Å². The zero-order valence-corrected chi connectivity index (χ0v) is 21.6. The molecule has 4 aromatic heterocycles. The Labute approximate surface area is 230 Å². The van der Waals surface area contributed by atoms with Crippen molar-refractivity contribution >= 4 is 28.2 Å². The number of methoxy groups -OCH3 is 1. The van der Waals surface area contributed by atoms with Gasteiger partial charge in [0.25, 0.3) is 0 Å². The molecule has 7 aromatic rings. The van der Waals surface area contributed by atoms with Crippen LogP contribution in [0.15, 0.2) is 116 Å². The van der Waals surface area contributed by atoms with Gasteiger partial charge in [-0.3, -0.25) is 9.97 Å². The predicted molar refractivity (Wildman–Crippen MR) is 156 cm³/mol. The molecule has 3 aromatic carbocycles. The minimum atomic E-state index is 0.541. The lowest BCUT2D eigenvalue weighted by atomic mass is 10.0. The summed E-state index contributed by atoms with van der Waals surface area (Å²) in [5, 5.41) is 9.48. The lowest BCUT2D eigenvalue weighted by Crippen LogP contribution is -2.06. The van der Waals surface area contributed by atoms with E-state index >= 15 is 0 Å². The molecular formula is C32H23N7O. The van der Waals surface area contributed by atoms with Crippen molar-refractivity contribution in [2.45, 2.75) is 0 Å². The summed E-state index contributed by atoms with van der Waals surface area (Å²) in [6, 6.07) is 30.3. The van der Waals surface area contributed by atoms with E-state index in [-0.39, 0.29) is 0 Å². The molecule has 0 atom stereocenters. The van der Waals surface area contributed by atoms with Crippen molar-refractivity contribution in [3.05, 3.63) is 116 Å². The summed E-state index contributed by atoms with van der Waals surface area (Å²) < 4.78 is 7.90. The molecule has 0 radical (unpaired) electrons. The van der Waals surface area contributed by atoms with Gasteiger partial charge in [-0.05, 0) is 29.3 Å². The second-order valence-electron chi connectivity index (χ2n) is 9.16. The first kappa shape index (κ1) is 23.5. The molecule has 0 spiro atoms. The Hall–Kier alpha value is -5.63. The topological polar surface area (TPSA) is 90.1 Å². The van der Waals surface area contributed by atoms with Crippen LogP contribution in [0.4, 0.5) is 11.6 Å². The second-order valence-corrected chi connectivity index (χ2v) is 9.16. The molecule has 8 nitrogen and oxygen atoms in total. The summed E-state index contributed by atoms with van der Waals surface area (Å²) in [5.74, 6) is 1.68. The summed E-state index contributed by atoms with van der Waals surface area (Å²) in [7, 11) is 1.65. The maximum Gasteiger partial charge on any atom is 0.228 e. The number of aromatic nitrogens is 6. The number of nitrogens with one attached hydrogen (secondary N) is 1. The van der Waals surface area contributed by atoms with Crippen molar-refractivity contribution in [2.75, 3.05) is 12.4 Å². The molecule has 0 aliphatic carbocycles. The minimum Gasteiger partial charge on any atom is -0.480 e. The van der Waals surface area contributed by atoms with Crippen LogP contribution in [-0.4, -0.2) is 36.7 Å². The fourth-order valence-electron chi connectivity index (χ4n) is 4.95. The van der Waals surface area contributed by atoms with E-state index in [2.05, 4.69) is 50.6 Å². The molecule has 0 aliphatic rings. The highest BCUT2D eigenvalue weighted by molar-refractivity contribution is 5.95. The summed E-state index contributed by atoms with van der Waals surface area (Å²) in [6.45, 7) is 0. The third-order valence-corrected chi connectivity index (χ3v) is 6.73. The Kier molecular flexibility index (Phi) is 5.82. The molecule has 0 bridgehead atoms. The number of hydrogen-bond acceptors (Lipinski definition) is 7. The van der Waals surface area contributed by atoms with E-state index in [0.717, 1.165) is 44.4 Å². The van der Waals surface area contributed by atoms with Crippen LogP contribution >= 0.6 is 0 Å². The molecular weight excluding hydrogens is 498 g/mol. The van der Waals surface area contributed by atoms with E-state index in [1.807, 2.05) is 60.7 Å². The molecule has 0 saturated heterocycles. The highest BCUT2D eigenvalue weighted by Crippen LogP contribution is 2.43. The number of pyridine rings is 1. The number of ether oxygens (including phenoxy) is 1. The van der Waals surface area contributed by atoms with Crippen LogP contribution in [0.3, 0.4) is 0 Å². The van der Waals surface area contributed by atoms with Crippen molar-refractivity contribution in [1.29, 1.82) is 0 Å². The van der Waals surface area contributed by atoms with Gasteiger partial charge in [0.1, 0.15) is 17.3 Å². The van der Waals surface area contributed by atoms with Crippen LogP contribution in [-0.2, 0) is 0 Å². The molecule has 192 valence electrons. The average Bonchev–Trinajstić information content (AvgIpc) is 3.41. The average molecular weight is 522 g/mol. The molecule has 0 saturated carbocycles. The Morgan fingerprint density at radius 1 is 0.725 bits per heavy atom. The first-order valence-corrected chi connectivity index (χ1v) is 12.8. The van der Waals surface area contributed by atoms with Crippen molar-refractivity contribution in [1.82, 2.24) is 29.5 Å². The van der Waals surface area contributed by atoms with Gasteiger partial charge >= 0.3 is 0 Å². The number of anilines is 2. The summed E-state index contributed by atoms with van der Waals surface area (Å²) in [4.78, 5) is 18.3. The van der Waals surface area contributed by atoms with Gasteiger partial charge in [-0.2, -0.15) is 9.61 Å². The molecule has 0 unspecified atom stereocenters. The molecule has 8 heteroatoms. The van der Waals surface area contributed by atoms with Gasteiger partial charge in [-0.15, -0.1) is 0 Å². The quantitative estimate of drug-likeness (QED) is 0.257. The van der Waals surface area contributed by atoms with Crippen LogP contribution in [0.5, 0.6) is 5.88 Å². The van der Waals surface area contributed by atoms with Crippen LogP contribution in [0.1, 0.15) is 0 Å². The summed E-state index contributed by atoms with van der Waals surface area (Å²) in [6.07, 6.45) is 6.73. The largest absolute Gasteiger partial charge is 0.480 e. The Morgan fingerprint density at radius 2 is 1.52 bits per heavy atom. The van der Waals surface area contributed by atoms with Gasteiger partial charge in [-0.25, -0.2) is 9.97 Å². The molecule has 40 heavy (non-hydrogen) atoms. The van der Waals surface area contributed by atoms with Crippen molar-refractivity contribution < 1.29 is 4.74 Å². The standard InChI is InChI=1S/C32H23N7O/c1-40-32-28(24-14-15-25-23(19-24)13-8-16-34-25)30(36-26-20-33-17-18-35-26)37-31-27(21-9-4-2-5-10-21)29(38-39(31)32)22-11-6-3-7-12-22/h2-20H,1H3,(H,35,36,37). The van der Waals surface area contributed by atoms with Crippen LogP contribution < -0.4 is 10.1 Å². The van der Waals surface area contributed by atoms with E-state index < -0.39 is 0 Å². The van der Waals surface area contributed by atoms with Gasteiger partial charge in [0.2, 0.25) is 5.88 Å². The fourth-order valence-corrected chi connectivity index (χ4v) is 4.95. The minimum absolute atomic E-state index is 0.541. The van der Waals surface area contributed by atoms with Crippen molar-refractivity contribution in [3.63, 3.8) is 0 Å². The SMILES string of the molecule is COc1c(-c2ccc3ncccc3c2)c(Nc2cnccn2)nc2c(-c3ccccc3)c(-c3ccccc3)nn12. The predicted octanol–water partition coefficient (Wildman–Crippen LogP) is 6.82. The van der Waals surface area contributed by atoms with Crippen LogP contribution in [0.2, 0.25) is 0 Å². The number of benzene rings is 3. The lowest BCUT2D eigenvalue weighted by Gasteiger charge is -2.16.